The topological polar surface area (TPSA) is 81.4 Å². The lowest BCUT2D eigenvalue weighted by Crippen LogP contribution is -2.37. The molecular formula is C12H16N2O3. The summed E-state index contributed by atoms with van der Waals surface area (Å²) in [6.45, 7) is 0.424. The Kier molecular flexibility index (Phi) is 5.16. The summed E-state index contributed by atoms with van der Waals surface area (Å²) >= 11 is 0. The average Bonchev–Trinajstić information content (AvgIpc) is 2.36. The zero-order valence-corrected chi connectivity index (χ0v) is 9.68. The maximum absolute atomic E-state index is 11.4. The lowest BCUT2D eigenvalue weighted by Gasteiger charge is -2.09. The smallest absolute Gasteiger partial charge is 0.323 e. The van der Waals surface area contributed by atoms with Crippen LogP contribution >= 0.6 is 0 Å². The van der Waals surface area contributed by atoms with Crippen molar-refractivity contribution >= 4 is 11.9 Å². The number of carbonyl (C=O) groups is 2. The number of ether oxygens (including phenoxy) is 1. The van der Waals surface area contributed by atoms with E-state index < -0.39 is 12.0 Å². The molecule has 1 aromatic carbocycles. The minimum atomic E-state index is -0.907. The molecule has 1 atom stereocenters. The van der Waals surface area contributed by atoms with Crippen LogP contribution in [0.4, 0.5) is 0 Å². The molecule has 0 radical (unpaired) electrons. The van der Waals surface area contributed by atoms with E-state index in [1.165, 1.54) is 7.11 Å². The first-order chi connectivity index (χ1) is 8.13. The molecule has 0 aromatic heterocycles. The van der Waals surface area contributed by atoms with Crippen LogP contribution in [0.15, 0.2) is 30.3 Å². The monoisotopic (exact) mass is 236 g/mol. The molecule has 5 heteroatoms. The Balaban J connectivity index is 2.33. The number of benzene rings is 1. The molecule has 17 heavy (non-hydrogen) atoms. The van der Waals surface area contributed by atoms with Crippen LogP contribution in [0.25, 0.3) is 0 Å². The van der Waals surface area contributed by atoms with E-state index in [9.17, 15) is 9.59 Å². The summed E-state index contributed by atoms with van der Waals surface area (Å²) in [5.41, 5.74) is 6.46. The van der Waals surface area contributed by atoms with Crippen molar-refractivity contribution in [2.45, 2.75) is 19.0 Å². The molecule has 0 aliphatic heterocycles. The molecule has 1 amide bonds. The molecule has 1 aromatic rings. The third-order valence-electron chi connectivity index (χ3n) is 2.24. The quantitative estimate of drug-likeness (QED) is 0.715. The highest BCUT2D eigenvalue weighted by Gasteiger charge is 2.17. The number of hydrogen-bond acceptors (Lipinski definition) is 4. The lowest BCUT2D eigenvalue weighted by atomic mass is 10.2. The van der Waals surface area contributed by atoms with Gasteiger partial charge < -0.3 is 15.8 Å². The Morgan fingerprint density at radius 1 is 1.35 bits per heavy atom. The van der Waals surface area contributed by atoms with Gasteiger partial charge in [-0.2, -0.15) is 0 Å². The number of hydrogen-bond donors (Lipinski definition) is 2. The Morgan fingerprint density at radius 2 is 2.00 bits per heavy atom. The zero-order chi connectivity index (χ0) is 12.7. The molecule has 0 saturated carbocycles. The molecule has 0 saturated heterocycles. The number of carbonyl (C=O) groups excluding carboxylic acids is 2. The van der Waals surface area contributed by atoms with Gasteiger partial charge in [0.1, 0.15) is 6.04 Å². The van der Waals surface area contributed by atoms with Gasteiger partial charge in [-0.05, 0) is 5.56 Å². The summed E-state index contributed by atoms with van der Waals surface area (Å²) in [6, 6.07) is 8.58. The van der Waals surface area contributed by atoms with Gasteiger partial charge in [-0.25, -0.2) is 0 Å². The van der Waals surface area contributed by atoms with Gasteiger partial charge in [0.05, 0.1) is 13.5 Å². The fourth-order valence-corrected chi connectivity index (χ4v) is 1.30. The fraction of sp³-hybridized carbons (Fsp3) is 0.333. The van der Waals surface area contributed by atoms with Crippen molar-refractivity contribution < 1.29 is 14.3 Å². The van der Waals surface area contributed by atoms with Crippen molar-refractivity contribution in [3.8, 4) is 0 Å². The number of rotatable bonds is 5. The SMILES string of the molecule is COC(=O)C(N)CC(=O)NCc1ccccc1. The van der Waals surface area contributed by atoms with Crippen molar-refractivity contribution in [3.63, 3.8) is 0 Å². The lowest BCUT2D eigenvalue weighted by molar-refractivity contribution is -0.143. The van der Waals surface area contributed by atoms with Gasteiger partial charge >= 0.3 is 5.97 Å². The zero-order valence-electron chi connectivity index (χ0n) is 9.68. The van der Waals surface area contributed by atoms with Crippen LogP contribution in [0.2, 0.25) is 0 Å². The largest absolute Gasteiger partial charge is 0.468 e. The Labute approximate surface area is 99.9 Å². The fourth-order valence-electron chi connectivity index (χ4n) is 1.30. The molecular weight excluding hydrogens is 220 g/mol. The first kappa shape index (κ1) is 13.2. The van der Waals surface area contributed by atoms with Gasteiger partial charge in [-0.1, -0.05) is 30.3 Å². The molecule has 0 heterocycles. The second-order valence-corrected chi connectivity index (χ2v) is 3.60. The number of esters is 1. The summed E-state index contributed by atoms with van der Waals surface area (Å²) in [7, 11) is 1.24. The first-order valence-corrected chi connectivity index (χ1v) is 5.27. The average molecular weight is 236 g/mol. The van der Waals surface area contributed by atoms with Crippen LogP contribution in [-0.2, 0) is 20.9 Å². The number of nitrogens with one attached hydrogen (secondary N) is 1. The van der Waals surface area contributed by atoms with Crippen molar-refractivity contribution in [2.75, 3.05) is 7.11 Å². The molecule has 0 aliphatic rings. The van der Waals surface area contributed by atoms with Crippen LogP contribution in [0, 0.1) is 0 Å². The minimum Gasteiger partial charge on any atom is -0.468 e. The molecule has 0 aliphatic carbocycles. The Hall–Kier alpha value is -1.88. The minimum absolute atomic E-state index is 0.0699. The predicted octanol–water partition coefficient (Wildman–Crippen LogP) is 0.193. The molecule has 0 spiro atoms. The van der Waals surface area contributed by atoms with Gasteiger partial charge in [0.15, 0.2) is 0 Å². The second kappa shape index (κ2) is 6.65. The van der Waals surface area contributed by atoms with E-state index in [4.69, 9.17) is 5.73 Å². The van der Waals surface area contributed by atoms with Gasteiger partial charge in [-0.3, -0.25) is 9.59 Å². The van der Waals surface area contributed by atoms with Crippen LogP contribution in [0.3, 0.4) is 0 Å². The highest BCUT2D eigenvalue weighted by molar-refractivity contribution is 5.84. The van der Waals surface area contributed by atoms with E-state index in [0.717, 1.165) is 5.56 Å². The van der Waals surface area contributed by atoms with E-state index in [1.807, 2.05) is 30.3 Å². The summed E-state index contributed by atoms with van der Waals surface area (Å²) < 4.78 is 4.43. The second-order valence-electron chi connectivity index (χ2n) is 3.60. The van der Waals surface area contributed by atoms with Crippen molar-refractivity contribution in [3.05, 3.63) is 35.9 Å². The maximum Gasteiger partial charge on any atom is 0.323 e. The van der Waals surface area contributed by atoms with Crippen molar-refractivity contribution in [1.29, 1.82) is 0 Å². The van der Waals surface area contributed by atoms with Gasteiger partial charge in [0.25, 0.3) is 0 Å². The van der Waals surface area contributed by atoms with E-state index in [0.29, 0.717) is 6.54 Å². The third-order valence-corrected chi connectivity index (χ3v) is 2.24. The molecule has 92 valence electrons. The van der Waals surface area contributed by atoms with Gasteiger partial charge in [0.2, 0.25) is 5.91 Å². The summed E-state index contributed by atoms with van der Waals surface area (Å²) in [4.78, 5) is 22.4. The summed E-state index contributed by atoms with van der Waals surface area (Å²) in [5.74, 6) is -0.855. The highest BCUT2D eigenvalue weighted by atomic mass is 16.5. The molecule has 3 N–H and O–H groups in total. The van der Waals surface area contributed by atoms with Crippen LogP contribution < -0.4 is 11.1 Å². The molecule has 1 rings (SSSR count). The van der Waals surface area contributed by atoms with E-state index in [1.54, 1.807) is 0 Å². The van der Waals surface area contributed by atoms with Crippen LogP contribution in [0.5, 0.6) is 0 Å². The predicted molar refractivity (Wildman–Crippen MR) is 62.9 cm³/mol. The summed E-state index contributed by atoms with van der Waals surface area (Å²) in [6.07, 6.45) is -0.0699. The normalized spacial score (nSPS) is 11.6. The van der Waals surface area contributed by atoms with Crippen molar-refractivity contribution in [2.24, 2.45) is 5.73 Å². The van der Waals surface area contributed by atoms with E-state index in [-0.39, 0.29) is 12.3 Å². The van der Waals surface area contributed by atoms with Gasteiger partial charge in [-0.15, -0.1) is 0 Å². The number of nitrogens with two attached hydrogens (primary N) is 1. The first-order valence-electron chi connectivity index (χ1n) is 5.27. The number of methoxy groups -OCH3 is 1. The maximum atomic E-state index is 11.4. The Morgan fingerprint density at radius 3 is 2.59 bits per heavy atom. The van der Waals surface area contributed by atoms with Gasteiger partial charge in [0, 0.05) is 6.54 Å². The molecule has 1 unspecified atom stereocenters. The summed E-state index contributed by atoms with van der Waals surface area (Å²) in [5, 5.41) is 2.68. The van der Waals surface area contributed by atoms with E-state index in [2.05, 4.69) is 10.1 Å². The third kappa shape index (κ3) is 4.65. The molecule has 5 nitrogen and oxygen atoms in total. The van der Waals surface area contributed by atoms with Crippen LogP contribution in [0.1, 0.15) is 12.0 Å². The van der Waals surface area contributed by atoms with E-state index >= 15 is 0 Å². The number of amides is 1. The standard InChI is InChI=1S/C12H16N2O3/c1-17-12(16)10(13)7-11(15)14-8-9-5-3-2-4-6-9/h2-6,10H,7-8,13H2,1H3,(H,14,15). The molecule has 0 bridgehead atoms. The van der Waals surface area contributed by atoms with Crippen LogP contribution in [-0.4, -0.2) is 25.0 Å². The van der Waals surface area contributed by atoms with Crippen molar-refractivity contribution in [1.82, 2.24) is 5.32 Å². The molecule has 0 fully saturated rings. The Bertz CT molecular complexity index is 379. The highest BCUT2D eigenvalue weighted by Crippen LogP contribution is 1.98.